The lowest BCUT2D eigenvalue weighted by atomic mass is 10.0. The average Bonchev–Trinajstić information content (AvgIpc) is 3.07. The fourth-order valence-electron chi connectivity index (χ4n) is 4.11. The highest BCUT2D eigenvalue weighted by Crippen LogP contribution is 2.31. The molecule has 6 heteroatoms. The van der Waals surface area contributed by atoms with E-state index in [9.17, 15) is 13.2 Å². The molecule has 3 saturated heterocycles. The first-order valence-electron chi connectivity index (χ1n) is 7.69. The van der Waals surface area contributed by atoms with Crippen LogP contribution in [0.2, 0.25) is 0 Å². The Morgan fingerprint density at radius 1 is 1.05 bits per heavy atom. The number of sulfone groups is 1. The fraction of sp³-hybridized carbons (Fsp3) is 0.929. The predicted molar refractivity (Wildman–Crippen MR) is 77.1 cm³/mol. The Morgan fingerprint density at radius 3 is 2.35 bits per heavy atom. The third-order valence-electron chi connectivity index (χ3n) is 5.19. The van der Waals surface area contributed by atoms with Crippen LogP contribution in [0.3, 0.4) is 0 Å². The van der Waals surface area contributed by atoms with Crippen LogP contribution in [0, 0.1) is 5.92 Å². The number of hydrogen-bond donors (Lipinski definition) is 0. The highest BCUT2D eigenvalue weighted by Gasteiger charge is 2.42. The smallest absolute Gasteiger partial charge is 0.227 e. The van der Waals surface area contributed by atoms with Gasteiger partial charge in [0.15, 0.2) is 9.84 Å². The zero-order chi connectivity index (χ0) is 14.3. The maximum Gasteiger partial charge on any atom is 0.227 e. The van der Waals surface area contributed by atoms with Gasteiger partial charge in [0.2, 0.25) is 5.91 Å². The molecule has 0 bridgehead atoms. The highest BCUT2D eigenvalue weighted by atomic mass is 32.2. The van der Waals surface area contributed by atoms with E-state index in [2.05, 4.69) is 11.9 Å². The molecule has 0 unspecified atom stereocenters. The van der Waals surface area contributed by atoms with Gasteiger partial charge in [0, 0.05) is 18.6 Å². The maximum atomic E-state index is 12.7. The van der Waals surface area contributed by atoms with Crippen LogP contribution >= 0.6 is 0 Å². The number of rotatable bonds is 2. The standard InChI is InChI=1S/C14H24N2O3S/c1-15-7-2-4-12(15)13-5-3-8-16(13)14(17)11-6-9-20(18,19)10-11/h11-13H,2-10H2,1H3/t11-,12-,13+/m1/s1. The van der Waals surface area contributed by atoms with Crippen LogP contribution in [-0.4, -0.2) is 67.9 Å². The molecule has 3 atom stereocenters. The third-order valence-corrected chi connectivity index (χ3v) is 6.95. The van der Waals surface area contributed by atoms with Crippen molar-refractivity contribution in [2.45, 2.75) is 44.2 Å². The van der Waals surface area contributed by atoms with Gasteiger partial charge in [-0.3, -0.25) is 4.79 Å². The zero-order valence-electron chi connectivity index (χ0n) is 12.1. The molecule has 3 rings (SSSR count). The maximum absolute atomic E-state index is 12.7. The zero-order valence-corrected chi connectivity index (χ0v) is 12.9. The van der Waals surface area contributed by atoms with Crippen LogP contribution in [0.4, 0.5) is 0 Å². The van der Waals surface area contributed by atoms with Gasteiger partial charge in [-0.15, -0.1) is 0 Å². The molecular formula is C14H24N2O3S. The number of amides is 1. The van der Waals surface area contributed by atoms with Crippen LogP contribution in [0.25, 0.3) is 0 Å². The topological polar surface area (TPSA) is 57.7 Å². The minimum atomic E-state index is -2.98. The van der Waals surface area contributed by atoms with E-state index in [-0.39, 0.29) is 23.3 Å². The minimum absolute atomic E-state index is 0.0650. The molecular weight excluding hydrogens is 276 g/mol. The van der Waals surface area contributed by atoms with Crippen molar-refractivity contribution < 1.29 is 13.2 Å². The van der Waals surface area contributed by atoms with Crippen molar-refractivity contribution in [2.75, 3.05) is 31.6 Å². The van der Waals surface area contributed by atoms with Gasteiger partial charge in [-0.1, -0.05) is 0 Å². The summed E-state index contributed by atoms with van der Waals surface area (Å²) in [5.41, 5.74) is 0. The quantitative estimate of drug-likeness (QED) is 0.745. The molecule has 3 aliphatic rings. The predicted octanol–water partition coefficient (Wildman–Crippen LogP) is 0.506. The van der Waals surface area contributed by atoms with Crippen LogP contribution in [0.1, 0.15) is 32.1 Å². The van der Waals surface area contributed by atoms with Gasteiger partial charge in [0.1, 0.15) is 0 Å². The molecule has 0 radical (unpaired) electrons. The fourth-order valence-corrected chi connectivity index (χ4v) is 5.85. The van der Waals surface area contributed by atoms with E-state index < -0.39 is 9.84 Å². The van der Waals surface area contributed by atoms with Crippen LogP contribution in [0.5, 0.6) is 0 Å². The molecule has 3 fully saturated rings. The Balaban J connectivity index is 1.70. The van der Waals surface area contributed by atoms with E-state index in [1.807, 2.05) is 4.90 Å². The van der Waals surface area contributed by atoms with Gasteiger partial charge >= 0.3 is 0 Å². The number of nitrogens with zero attached hydrogens (tertiary/aromatic N) is 2. The number of likely N-dealkylation sites (tertiary alicyclic amines) is 2. The summed E-state index contributed by atoms with van der Waals surface area (Å²) in [5.74, 6) is 0.0574. The Kier molecular flexibility index (Phi) is 3.79. The molecule has 5 nitrogen and oxygen atoms in total. The summed E-state index contributed by atoms with van der Waals surface area (Å²) in [7, 11) is -0.838. The summed E-state index contributed by atoms with van der Waals surface area (Å²) in [6.07, 6.45) is 5.01. The molecule has 20 heavy (non-hydrogen) atoms. The normalized spacial score (nSPS) is 37.6. The van der Waals surface area contributed by atoms with Crippen LogP contribution in [-0.2, 0) is 14.6 Å². The average molecular weight is 300 g/mol. The number of carbonyl (C=O) groups is 1. The molecule has 0 aromatic carbocycles. The minimum Gasteiger partial charge on any atom is -0.338 e. The SMILES string of the molecule is CN1CCC[C@@H]1[C@@H]1CCCN1C(=O)[C@@H]1CCS(=O)(=O)C1. The van der Waals surface area contributed by atoms with Crippen molar-refractivity contribution in [2.24, 2.45) is 5.92 Å². The summed E-state index contributed by atoms with van der Waals surface area (Å²) in [6.45, 7) is 1.92. The summed E-state index contributed by atoms with van der Waals surface area (Å²) in [6, 6.07) is 0.776. The molecule has 114 valence electrons. The van der Waals surface area contributed by atoms with Crippen molar-refractivity contribution in [3.05, 3.63) is 0 Å². The molecule has 1 amide bonds. The summed E-state index contributed by atoms with van der Waals surface area (Å²) < 4.78 is 23.1. The van der Waals surface area contributed by atoms with Gasteiger partial charge < -0.3 is 9.80 Å². The lowest BCUT2D eigenvalue weighted by Gasteiger charge is -2.34. The number of carbonyl (C=O) groups excluding carboxylic acids is 1. The highest BCUT2D eigenvalue weighted by molar-refractivity contribution is 7.91. The van der Waals surface area contributed by atoms with Gasteiger partial charge in [-0.2, -0.15) is 0 Å². The Morgan fingerprint density at radius 2 is 1.75 bits per heavy atom. The van der Waals surface area contributed by atoms with E-state index in [1.54, 1.807) is 0 Å². The molecule has 0 aliphatic carbocycles. The lowest BCUT2D eigenvalue weighted by molar-refractivity contribution is -0.136. The van der Waals surface area contributed by atoms with Crippen LogP contribution < -0.4 is 0 Å². The van der Waals surface area contributed by atoms with Crippen molar-refractivity contribution in [3.8, 4) is 0 Å². The Labute approximate surface area is 121 Å². The van der Waals surface area contributed by atoms with Crippen molar-refractivity contribution in [1.29, 1.82) is 0 Å². The van der Waals surface area contributed by atoms with Crippen molar-refractivity contribution in [1.82, 2.24) is 9.80 Å². The van der Waals surface area contributed by atoms with Gasteiger partial charge in [0.05, 0.1) is 17.4 Å². The monoisotopic (exact) mass is 300 g/mol. The molecule has 0 spiro atoms. The Hall–Kier alpha value is -0.620. The molecule has 0 aromatic rings. The first-order chi connectivity index (χ1) is 9.48. The summed E-state index contributed by atoms with van der Waals surface area (Å²) in [4.78, 5) is 17.0. The van der Waals surface area contributed by atoms with E-state index in [0.717, 1.165) is 32.4 Å². The molecule has 3 aliphatic heterocycles. The lowest BCUT2D eigenvalue weighted by Crippen LogP contribution is -2.49. The third kappa shape index (κ3) is 2.60. The molecule has 0 saturated carbocycles. The Bertz CT molecular complexity index is 491. The molecule has 0 N–H and O–H groups in total. The summed E-state index contributed by atoms with van der Waals surface area (Å²) in [5, 5.41) is 0. The van der Waals surface area contributed by atoms with E-state index in [4.69, 9.17) is 0 Å². The van der Waals surface area contributed by atoms with E-state index in [1.165, 1.54) is 6.42 Å². The van der Waals surface area contributed by atoms with Gasteiger partial charge in [-0.05, 0) is 45.7 Å². The second-order valence-corrected chi connectivity index (χ2v) is 8.76. The number of hydrogen-bond acceptors (Lipinski definition) is 4. The second-order valence-electron chi connectivity index (χ2n) is 6.53. The molecule has 0 aromatic heterocycles. The van der Waals surface area contributed by atoms with Crippen LogP contribution in [0.15, 0.2) is 0 Å². The first-order valence-corrected chi connectivity index (χ1v) is 9.51. The molecule has 3 heterocycles. The van der Waals surface area contributed by atoms with Gasteiger partial charge in [-0.25, -0.2) is 8.42 Å². The largest absolute Gasteiger partial charge is 0.338 e. The van der Waals surface area contributed by atoms with Gasteiger partial charge in [0.25, 0.3) is 0 Å². The second kappa shape index (κ2) is 5.30. The van der Waals surface area contributed by atoms with E-state index in [0.29, 0.717) is 18.5 Å². The first kappa shape index (κ1) is 14.3. The summed E-state index contributed by atoms with van der Waals surface area (Å²) >= 11 is 0. The van der Waals surface area contributed by atoms with Crippen molar-refractivity contribution in [3.63, 3.8) is 0 Å². The van der Waals surface area contributed by atoms with Crippen molar-refractivity contribution >= 4 is 15.7 Å². The number of likely N-dealkylation sites (N-methyl/N-ethyl adjacent to an activating group) is 1. The van der Waals surface area contributed by atoms with E-state index >= 15 is 0 Å².